The number of aryl methyl sites for hydroxylation is 1. The van der Waals surface area contributed by atoms with Gasteiger partial charge < -0.3 is 15.5 Å². The monoisotopic (exact) mass is 308 g/mol. The van der Waals surface area contributed by atoms with Crippen LogP contribution in [-0.2, 0) is 16.6 Å². The zero-order valence-electron chi connectivity index (χ0n) is 11.4. The first-order chi connectivity index (χ1) is 9.79. The maximum absolute atomic E-state index is 11.5. The van der Waals surface area contributed by atoms with Crippen molar-refractivity contribution in [2.45, 2.75) is 18.4 Å². The van der Waals surface area contributed by atoms with Crippen molar-refractivity contribution in [3.05, 3.63) is 47.5 Å². The highest BCUT2D eigenvalue weighted by Gasteiger charge is 2.12. The van der Waals surface area contributed by atoms with Crippen LogP contribution in [0.5, 0.6) is 11.5 Å². The van der Waals surface area contributed by atoms with Gasteiger partial charge in [0.1, 0.15) is 0 Å². The molecule has 0 aromatic heterocycles. The van der Waals surface area contributed by atoms with E-state index in [1.807, 2.05) is 0 Å². The van der Waals surface area contributed by atoms with Gasteiger partial charge >= 0.3 is 0 Å². The van der Waals surface area contributed by atoms with Gasteiger partial charge in [-0.25, -0.2) is 13.6 Å². The molecule has 0 saturated carbocycles. The summed E-state index contributed by atoms with van der Waals surface area (Å²) >= 11 is 0. The zero-order valence-corrected chi connectivity index (χ0v) is 12.2. The molecule has 5 N–H and O–H groups in total. The van der Waals surface area contributed by atoms with Crippen LogP contribution in [0.2, 0.25) is 0 Å². The Morgan fingerprint density at radius 2 is 1.90 bits per heavy atom. The summed E-state index contributed by atoms with van der Waals surface area (Å²) in [5.41, 5.74) is 1.60. The molecule has 0 heterocycles. The lowest BCUT2D eigenvalue weighted by atomic mass is 10.1. The van der Waals surface area contributed by atoms with E-state index in [1.165, 1.54) is 12.1 Å². The predicted octanol–water partition coefficient (Wildman–Crippen LogP) is 1.67. The third-order valence-corrected chi connectivity index (χ3v) is 4.13. The second-order valence-corrected chi connectivity index (χ2v) is 6.19. The van der Waals surface area contributed by atoms with E-state index in [4.69, 9.17) is 5.14 Å². The molecule has 112 valence electrons. The number of primary sulfonamides is 1. The standard InChI is InChI=1S/C14H16N2O4S/c1-9-5-6-11(7-13(9)21(15,19)20)16-8-10-3-2-4-12(17)14(10)18/h2-7,16-18H,8H2,1H3,(H2,15,19,20). The molecule has 2 rings (SSSR count). The highest BCUT2D eigenvalue weighted by molar-refractivity contribution is 7.89. The summed E-state index contributed by atoms with van der Waals surface area (Å²) in [6.07, 6.45) is 0. The van der Waals surface area contributed by atoms with Crippen molar-refractivity contribution in [1.82, 2.24) is 0 Å². The molecule has 0 aliphatic carbocycles. The summed E-state index contributed by atoms with van der Waals surface area (Å²) in [6.45, 7) is 1.89. The lowest BCUT2D eigenvalue weighted by Crippen LogP contribution is -2.14. The number of nitrogens with two attached hydrogens (primary N) is 1. The van der Waals surface area contributed by atoms with Crippen molar-refractivity contribution in [1.29, 1.82) is 0 Å². The molecule has 0 unspecified atom stereocenters. The average Bonchev–Trinajstić information content (AvgIpc) is 2.40. The van der Waals surface area contributed by atoms with E-state index in [0.29, 0.717) is 16.8 Å². The molecule has 0 spiro atoms. The predicted molar refractivity (Wildman–Crippen MR) is 79.7 cm³/mol. The summed E-state index contributed by atoms with van der Waals surface area (Å²) in [7, 11) is -3.78. The van der Waals surface area contributed by atoms with E-state index in [2.05, 4.69) is 5.32 Å². The van der Waals surface area contributed by atoms with Crippen molar-refractivity contribution in [2.75, 3.05) is 5.32 Å². The number of rotatable bonds is 4. The average molecular weight is 308 g/mol. The van der Waals surface area contributed by atoms with E-state index < -0.39 is 10.0 Å². The highest BCUT2D eigenvalue weighted by Crippen LogP contribution is 2.29. The maximum Gasteiger partial charge on any atom is 0.238 e. The number of sulfonamides is 1. The summed E-state index contributed by atoms with van der Waals surface area (Å²) < 4.78 is 22.9. The van der Waals surface area contributed by atoms with Gasteiger partial charge in [0.15, 0.2) is 11.5 Å². The second-order valence-electron chi connectivity index (χ2n) is 4.66. The first-order valence-corrected chi connectivity index (χ1v) is 7.71. The molecule has 0 fully saturated rings. The number of nitrogens with one attached hydrogen (secondary N) is 1. The number of anilines is 1. The Morgan fingerprint density at radius 1 is 1.19 bits per heavy atom. The molecule has 0 aliphatic rings. The minimum atomic E-state index is -3.78. The molecule has 0 radical (unpaired) electrons. The summed E-state index contributed by atoms with van der Waals surface area (Å²) in [5, 5.41) is 27.2. The van der Waals surface area contributed by atoms with Crippen LogP contribution in [0.25, 0.3) is 0 Å². The molecule has 0 atom stereocenters. The van der Waals surface area contributed by atoms with Crippen LogP contribution in [0, 0.1) is 6.92 Å². The number of phenolic OH excluding ortho intramolecular Hbond substituents is 2. The van der Waals surface area contributed by atoms with Gasteiger partial charge in [-0.05, 0) is 30.7 Å². The Labute approximate surface area is 122 Å². The minimum absolute atomic E-state index is 0.0487. The van der Waals surface area contributed by atoms with E-state index >= 15 is 0 Å². The number of para-hydroxylation sites is 1. The minimum Gasteiger partial charge on any atom is -0.504 e. The normalized spacial score (nSPS) is 11.3. The zero-order chi connectivity index (χ0) is 15.6. The fourth-order valence-corrected chi connectivity index (χ4v) is 2.74. The molecule has 0 aliphatic heterocycles. The lowest BCUT2D eigenvalue weighted by Gasteiger charge is -2.11. The van der Waals surface area contributed by atoms with Crippen LogP contribution in [0.3, 0.4) is 0 Å². The summed E-state index contributed by atoms with van der Waals surface area (Å²) in [4.78, 5) is 0.0487. The van der Waals surface area contributed by atoms with Gasteiger partial charge in [0, 0.05) is 17.8 Å². The van der Waals surface area contributed by atoms with Gasteiger partial charge in [0.2, 0.25) is 10.0 Å². The van der Waals surface area contributed by atoms with Crippen molar-refractivity contribution >= 4 is 15.7 Å². The molecule has 2 aromatic carbocycles. The van der Waals surface area contributed by atoms with Crippen LogP contribution in [-0.4, -0.2) is 18.6 Å². The third kappa shape index (κ3) is 3.45. The lowest BCUT2D eigenvalue weighted by molar-refractivity contribution is 0.400. The number of aromatic hydroxyl groups is 2. The van der Waals surface area contributed by atoms with Crippen LogP contribution in [0.4, 0.5) is 5.69 Å². The quantitative estimate of drug-likeness (QED) is 0.642. The number of benzene rings is 2. The molecular formula is C14H16N2O4S. The van der Waals surface area contributed by atoms with E-state index in [-0.39, 0.29) is 22.9 Å². The molecule has 2 aromatic rings. The van der Waals surface area contributed by atoms with E-state index in [9.17, 15) is 18.6 Å². The Morgan fingerprint density at radius 3 is 2.57 bits per heavy atom. The maximum atomic E-state index is 11.5. The van der Waals surface area contributed by atoms with Gasteiger partial charge in [0.25, 0.3) is 0 Å². The van der Waals surface area contributed by atoms with Crippen LogP contribution in [0.1, 0.15) is 11.1 Å². The number of phenols is 2. The summed E-state index contributed by atoms with van der Waals surface area (Å²) in [6, 6.07) is 9.43. The fraction of sp³-hybridized carbons (Fsp3) is 0.143. The van der Waals surface area contributed by atoms with Crippen LogP contribution >= 0.6 is 0 Å². The van der Waals surface area contributed by atoms with Gasteiger partial charge in [-0.15, -0.1) is 0 Å². The Balaban J connectivity index is 2.23. The van der Waals surface area contributed by atoms with Crippen LogP contribution in [0.15, 0.2) is 41.3 Å². The van der Waals surface area contributed by atoms with Gasteiger partial charge in [-0.1, -0.05) is 18.2 Å². The molecule has 7 heteroatoms. The molecule has 6 nitrogen and oxygen atoms in total. The summed E-state index contributed by atoms with van der Waals surface area (Å²) in [5.74, 6) is -0.410. The Hall–Kier alpha value is -2.25. The van der Waals surface area contributed by atoms with Gasteiger partial charge in [-0.2, -0.15) is 0 Å². The largest absolute Gasteiger partial charge is 0.504 e. The Kier molecular flexibility index (Phi) is 4.06. The topological polar surface area (TPSA) is 113 Å². The smallest absolute Gasteiger partial charge is 0.238 e. The molecule has 0 saturated heterocycles. The molecule has 21 heavy (non-hydrogen) atoms. The van der Waals surface area contributed by atoms with Crippen LogP contribution < -0.4 is 10.5 Å². The molecular weight excluding hydrogens is 292 g/mol. The van der Waals surface area contributed by atoms with E-state index in [1.54, 1.807) is 31.2 Å². The first kappa shape index (κ1) is 15.1. The number of hydrogen-bond donors (Lipinski definition) is 4. The van der Waals surface area contributed by atoms with Crippen molar-refractivity contribution in [3.8, 4) is 11.5 Å². The molecule has 0 bridgehead atoms. The SMILES string of the molecule is Cc1ccc(NCc2cccc(O)c2O)cc1S(N)(=O)=O. The van der Waals surface area contributed by atoms with Crippen molar-refractivity contribution in [3.63, 3.8) is 0 Å². The van der Waals surface area contributed by atoms with Gasteiger partial charge in [-0.3, -0.25) is 0 Å². The Bertz CT molecular complexity index is 773. The molecule has 0 amide bonds. The van der Waals surface area contributed by atoms with Crippen molar-refractivity contribution < 1.29 is 18.6 Å². The first-order valence-electron chi connectivity index (χ1n) is 6.16. The van der Waals surface area contributed by atoms with Gasteiger partial charge in [0.05, 0.1) is 4.90 Å². The fourth-order valence-electron chi connectivity index (χ4n) is 1.93. The third-order valence-electron chi connectivity index (χ3n) is 3.08. The number of hydrogen-bond acceptors (Lipinski definition) is 5. The highest BCUT2D eigenvalue weighted by atomic mass is 32.2. The van der Waals surface area contributed by atoms with Crippen molar-refractivity contribution in [2.24, 2.45) is 5.14 Å². The van der Waals surface area contributed by atoms with E-state index in [0.717, 1.165) is 0 Å². The second kappa shape index (κ2) is 5.63.